The zero-order valence-corrected chi connectivity index (χ0v) is 13.6. The highest BCUT2D eigenvalue weighted by molar-refractivity contribution is 7.19. The van der Waals surface area contributed by atoms with Crippen molar-refractivity contribution in [2.45, 2.75) is 32.2 Å². The summed E-state index contributed by atoms with van der Waals surface area (Å²) < 4.78 is 10.8. The molecule has 108 valence electrons. The van der Waals surface area contributed by atoms with Crippen LogP contribution in [0.1, 0.15) is 12.0 Å². The molecule has 0 fully saturated rings. The van der Waals surface area contributed by atoms with E-state index in [9.17, 15) is 4.79 Å². The molecule has 5 heteroatoms. The van der Waals surface area contributed by atoms with Crippen LogP contribution in [0.4, 0.5) is 0 Å². The molecule has 0 aliphatic rings. The number of fused-ring (bicyclic) bond motifs is 1. The summed E-state index contributed by atoms with van der Waals surface area (Å²) in [7, 11) is -1.49. The zero-order valence-electron chi connectivity index (χ0n) is 11.8. The first kappa shape index (κ1) is 15.3. The Morgan fingerprint density at radius 3 is 2.75 bits per heavy atom. The van der Waals surface area contributed by atoms with E-state index >= 15 is 0 Å². The highest BCUT2D eigenvalue weighted by Crippen LogP contribution is 2.17. The fourth-order valence-corrected chi connectivity index (χ4v) is 3.37. The lowest BCUT2D eigenvalue weighted by Gasteiger charge is -2.12. The lowest BCUT2D eigenvalue weighted by atomic mass is 10.1. The van der Waals surface area contributed by atoms with Crippen molar-refractivity contribution in [1.82, 2.24) is 0 Å². The maximum atomic E-state index is 11.2. The van der Waals surface area contributed by atoms with Gasteiger partial charge in [0.15, 0.2) is 7.38 Å². The molecular formula is C15H19ClO3Si. The molecule has 1 heterocycles. The number of ether oxygens (including phenoxy) is 1. The molecule has 20 heavy (non-hydrogen) atoms. The minimum absolute atomic E-state index is 0.329. The molecule has 0 aliphatic carbocycles. The summed E-state index contributed by atoms with van der Waals surface area (Å²) in [5.74, 6) is 0. The van der Waals surface area contributed by atoms with E-state index in [-0.39, 0.29) is 5.63 Å². The second kappa shape index (κ2) is 6.57. The van der Waals surface area contributed by atoms with Gasteiger partial charge in [0.25, 0.3) is 0 Å². The normalized spacial score (nSPS) is 11.9. The van der Waals surface area contributed by atoms with E-state index in [1.54, 1.807) is 6.07 Å². The Morgan fingerprint density at radius 1 is 1.25 bits per heavy atom. The van der Waals surface area contributed by atoms with Gasteiger partial charge in [-0.25, -0.2) is 4.79 Å². The Kier molecular flexibility index (Phi) is 5.02. The molecule has 0 amide bonds. The molecule has 0 saturated carbocycles. The molecule has 1 aromatic heterocycles. The molecule has 0 atom stereocenters. The summed E-state index contributed by atoms with van der Waals surface area (Å²) in [4.78, 5) is 11.2. The average Bonchev–Trinajstić information content (AvgIpc) is 2.36. The van der Waals surface area contributed by atoms with E-state index in [2.05, 4.69) is 13.1 Å². The third-order valence-electron chi connectivity index (χ3n) is 3.02. The summed E-state index contributed by atoms with van der Waals surface area (Å²) in [5, 5.41) is 0.920. The van der Waals surface area contributed by atoms with E-state index < -0.39 is 7.38 Å². The zero-order chi connectivity index (χ0) is 14.6. The van der Waals surface area contributed by atoms with Gasteiger partial charge < -0.3 is 9.15 Å². The molecule has 0 N–H and O–H groups in total. The highest BCUT2D eigenvalue weighted by atomic mass is 35.6. The topological polar surface area (TPSA) is 39.4 Å². The van der Waals surface area contributed by atoms with Crippen molar-refractivity contribution in [2.75, 3.05) is 6.61 Å². The molecule has 0 bridgehead atoms. The maximum absolute atomic E-state index is 11.2. The van der Waals surface area contributed by atoms with Crippen LogP contribution in [-0.2, 0) is 11.3 Å². The largest absolute Gasteiger partial charge is 0.423 e. The quantitative estimate of drug-likeness (QED) is 0.348. The molecule has 2 aromatic rings. The predicted molar refractivity (Wildman–Crippen MR) is 84.9 cm³/mol. The molecule has 0 saturated heterocycles. The molecule has 1 aromatic carbocycles. The summed E-state index contributed by atoms with van der Waals surface area (Å²) in [6.45, 7) is 5.51. The molecule has 0 aliphatic heterocycles. The van der Waals surface area contributed by atoms with Crippen molar-refractivity contribution < 1.29 is 9.15 Å². The third kappa shape index (κ3) is 4.78. The summed E-state index contributed by atoms with van der Waals surface area (Å²) in [5.41, 5.74) is 1.28. The fraction of sp³-hybridized carbons (Fsp3) is 0.400. The van der Waals surface area contributed by atoms with Crippen LogP contribution in [-0.4, -0.2) is 14.0 Å². The second-order valence-corrected chi connectivity index (χ2v) is 12.5. The van der Waals surface area contributed by atoms with Gasteiger partial charge in [0.1, 0.15) is 5.58 Å². The minimum atomic E-state index is -1.49. The van der Waals surface area contributed by atoms with Gasteiger partial charge in [-0.3, -0.25) is 0 Å². The first-order valence-corrected chi connectivity index (χ1v) is 11.0. The lowest BCUT2D eigenvalue weighted by Crippen LogP contribution is -2.16. The monoisotopic (exact) mass is 310 g/mol. The smallest absolute Gasteiger partial charge is 0.336 e. The summed E-state index contributed by atoms with van der Waals surface area (Å²) in [6.07, 6.45) is 0.991. The maximum Gasteiger partial charge on any atom is 0.336 e. The van der Waals surface area contributed by atoms with Crippen LogP contribution in [0.3, 0.4) is 0 Å². The lowest BCUT2D eigenvalue weighted by molar-refractivity contribution is 0.121. The van der Waals surface area contributed by atoms with Gasteiger partial charge in [0.05, 0.1) is 6.61 Å². The Labute approximate surface area is 124 Å². The molecule has 0 spiro atoms. The van der Waals surface area contributed by atoms with Crippen LogP contribution in [0, 0.1) is 0 Å². The van der Waals surface area contributed by atoms with E-state index in [0.29, 0.717) is 18.8 Å². The Balaban J connectivity index is 1.89. The Bertz CT molecular complexity index is 631. The van der Waals surface area contributed by atoms with Gasteiger partial charge in [-0.2, -0.15) is 11.1 Å². The number of hydrogen-bond donors (Lipinski definition) is 0. The van der Waals surface area contributed by atoms with Crippen LogP contribution in [0.15, 0.2) is 39.5 Å². The van der Waals surface area contributed by atoms with Crippen molar-refractivity contribution in [3.8, 4) is 0 Å². The van der Waals surface area contributed by atoms with Crippen molar-refractivity contribution in [2.24, 2.45) is 0 Å². The van der Waals surface area contributed by atoms with Crippen LogP contribution in [0.5, 0.6) is 0 Å². The number of halogens is 1. The van der Waals surface area contributed by atoms with Gasteiger partial charge in [-0.15, -0.1) is 0 Å². The van der Waals surface area contributed by atoms with Gasteiger partial charge >= 0.3 is 5.63 Å². The van der Waals surface area contributed by atoms with Crippen molar-refractivity contribution in [1.29, 1.82) is 0 Å². The molecular weight excluding hydrogens is 292 g/mol. The molecule has 0 radical (unpaired) electrons. The van der Waals surface area contributed by atoms with Crippen molar-refractivity contribution >= 4 is 29.4 Å². The molecule has 3 nitrogen and oxygen atoms in total. The first-order chi connectivity index (χ1) is 9.44. The summed E-state index contributed by atoms with van der Waals surface area (Å²) >= 11 is 6.25. The van der Waals surface area contributed by atoms with Crippen LogP contribution in [0.25, 0.3) is 11.0 Å². The summed E-state index contributed by atoms with van der Waals surface area (Å²) in [6, 6.07) is 10.0. The fourth-order valence-electron chi connectivity index (χ4n) is 1.98. The van der Waals surface area contributed by atoms with Crippen LogP contribution >= 0.6 is 11.1 Å². The Morgan fingerprint density at radius 2 is 2.00 bits per heavy atom. The van der Waals surface area contributed by atoms with Crippen LogP contribution < -0.4 is 5.63 Å². The Hall–Kier alpha value is -1.10. The van der Waals surface area contributed by atoms with Gasteiger partial charge in [0.2, 0.25) is 0 Å². The van der Waals surface area contributed by atoms with Gasteiger partial charge in [-0.05, 0) is 30.2 Å². The number of hydrogen-bond acceptors (Lipinski definition) is 3. The second-order valence-electron chi connectivity index (χ2n) is 5.50. The van der Waals surface area contributed by atoms with Crippen molar-refractivity contribution in [3.05, 3.63) is 46.3 Å². The van der Waals surface area contributed by atoms with Crippen molar-refractivity contribution in [3.63, 3.8) is 0 Å². The van der Waals surface area contributed by atoms with E-state index in [1.165, 1.54) is 6.07 Å². The SMILES string of the molecule is C[Si](C)(Cl)CCCOCc1ccc2ccc(=O)oc2c1. The van der Waals surface area contributed by atoms with Crippen LogP contribution in [0.2, 0.25) is 19.1 Å². The number of rotatable bonds is 6. The standard InChI is InChI=1S/C15H19ClO3Si/c1-20(2,16)9-3-8-18-11-12-4-5-13-6-7-15(17)19-14(13)10-12/h4-7,10H,3,8-9,11H2,1-2H3. The van der Waals surface area contributed by atoms with E-state index in [4.69, 9.17) is 20.2 Å². The molecule has 0 unspecified atom stereocenters. The minimum Gasteiger partial charge on any atom is -0.423 e. The third-order valence-corrected chi connectivity index (χ3v) is 5.13. The van der Waals surface area contributed by atoms with Gasteiger partial charge in [-0.1, -0.05) is 25.2 Å². The molecule has 2 rings (SSSR count). The highest BCUT2D eigenvalue weighted by Gasteiger charge is 2.15. The van der Waals surface area contributed by atoms with E-state index in [0.717, 1.165) is 23.4 Å². The number of benzene rings is 1. The van der Waals surface area contributed by atoms with E-state index in [1.807, 2.05) is 18.2 Å². The van der Waals surface area contributed by atoms with Gasteiger partial charge in [0, 0.05) is 18.1 Å². The predicted octanol–water partition coefficient (Wildman–Crippen LogP) is 4.14. The first-order valence-electron chi connectivity index (χ1n) is 6.73. The average molecular weight is 311 g/mol.